The summed E-state index contributed by atoms with van der Waals surface area (Å²) in [5, 5.41) is 3.49. The Morgan fingerprint density at radius 3 is 2.55 bits per heavy atom. The van der Waals surface area contributed by atoms with Crippen LogP contribution in [0.1, 0.15) is 24.4 Å². The number of piperidine rings is 1. The summed E-state index contributed by atoms with van der Waals surface area (Å²) in [6.45, 7) is 2.75. The summed E-state index contributed by atoms with van der Waals surface area (Å²) in [5.74, 6) is 0.554. The van der Waals surface area contributed by atoms with Gasteiger partial charge in [0.05, 0.1) is 17.6 Å². The Kier molecular flexibility index (Phi) is 6.13. The van der Waals surface area contributed by atoms with E-state index >= 15 is 0 Å². The largest absolute Gasteiger partial charge is 0.378 e. The summed E-state index contributed by atoms with van der Waals surface area (Å²) in [5.41, 5.74) is 4.49. The van der Waals surface area contributed by atoms with Crippen molar-refractivity contribution in [2.24, 2.45) is 0 Å². The van der Waals surface area contributed by atoms with Gasteiger partial charge in [-0.25, -0.2) is 19.3 Å². The van der Waals surface area contributed by atoms with Crippen molar-refractivity contribution in [3.8, 4) is 22.8 Å². The molecule has 0 spiro atoms. The van der Waals surface area contributed by atoms with E-state index < -0.39 is 0 Å². The Balaban J connectivity index is 1.53. The normalized spacial score (nSPS) is 15.0. The molecule has 3 heterocycles. The van der Waals surface area contributed by atoms with E-state index in [9.17, 15) is 4.39 Å². The molecule has 0 radical (unpaired) electrons. The minimum atomic E-state index is -0.253. The van der Waals surface area contributed by atoms with Crippen LogP contribution in [0.15, 0.2) is 73.3 Å². The van der Waals surface area contributed by atoms with Gasteiger partial charge in [-0.05, 0) is 62.8 Å². The summed E-state index contributed by atoms with van der Waals surface area (Å²) in [4.78, 5) is 16.2. The molecule has 0 aliphatic carbocycles. The van der Waals surface area contributed by atoms with Gasteiger partial charge >= 0.3 is 0 Å². The molecule has 0 unspecified atom stereocenters. The molecule has 0 amide bonds. The third-order valence-electron chi connectivity index (χ3n) is 6.20. The molecule has 1 aliphatic heterocycles. The fourth-order valence-electron chi connectivity index (χ4n) is 4.31. The Bertz CT molecular complexity index is 1200. The van der Waals surface area contributed by atoms with E-state index in [4.69, 9.17) is 4.98 Å². The zero-order valence-electron chi connectivity index (χ0n) is 18.7. The standard InChI is InChI=1S/C26H27FN6/c1-32-13-11-22(12-14-32)33-17-24(20-7-9-21(27)10-8-20)31-26(33)25-23(16-28-18-30-25)29-15-19-5-3-2-4-6-19/h2-10,16-18,22,29H,11-15H2,1H3. The molecule has 0 atom stereocenters. The van der Waals surface area contributed by atoms with E-state index in [2.05, 4.69) is 50.1 Å². The van der Waals surface area contributed by atoms with Gasteiger partial charge in [0.15, 0.2) is 5.82 Å². The highest BCUT2D eigenvalue weighted by Gasteiger charge is 2.24. The predicted octanol–water partition coefficient (Wildman–Crippen LogP) is 5.03. The molecule has 0 saturated carbocycles. The van der Waals surface area contributed by atoms with Gasteiger partial charge in [-0.1, -0.05) is 30.3 Å². The summed E-state index contributed by atoms with van der Waals surface area (Å²) >= 11 is 0. The van der Waals surface area contributed by atoms with Gasteiger partial charge in [-0.15, -0.1) is 0 Å². The minimum Gasteiger partial charge on any atom is -0.378 e. The van der Waals surface area contributed by atoms with E-state index in [0.29, 0.717) is 12.6 Å². The van der Waals surface area contributed by atoms with Crippen molar-refractivity contribution >= 4 is 5.69 Å². The van der Waals surface area contributed by atoms with E-state index in [1.807, 2.05) is 18.2 Å². The molecule has 168 valence electrons. The molecule has 1 N–H and O–H groups in total. The van der Waals surface area contributed by atoms with Gasteiger partial charge in [0.1, 0.15) is 17.8 Å². The number of aromatic nitrogens is 4. The number of benzene rings is 2. The molecule has 7 heteroatoms. The molecule has 2 aromatic heterocycles. The zero-order chi connectivity index (χ0) is 22.6. The first kappa shape index (κ1) is 21.3. The average molecular weight is 443 g/mol. The lowest BCUT2D eigenvalue weighted by Gasteiger charge is -2.30. The molecular weight excluding hydrogens is 415 g/mol. The molecule has 2 aromatic carbocycles. The average Bonchev–Trinajstić information content (AvgIpc) is 3.30. The molecule has 1 aliphatic rings. The monoisotopic (exact) mass is 442 g/mol. The van der Waals surface area contributed by atoms with E-state index in [0.717, 1.165) is 54.4 Å². The Labute approximate surface area is 193 Å². The van der Waals surface area contributed by atoms with Crippen molar-refractivity contribution < 1.29 is 4.39 Å². The van der Waals surface area contributed by atoms with Crippen molar-refractivity contribution in [2.45, 2.75) is 25.4 Å². The smallest absolute Gasteiger partial charge is 0.161 e. The maximum Gasteiger partial charge on any atom is 0.161 e. The van der Waals surface area contributed by atoms with Gasteiger partial charge in [0, 0.05) is 24.3 Å². The maximum atomic E-state index is 13.5. The van der Waals surface area contributed by atoms with Crippen LogP contribution < -0.4 is 5.32 Å². The maximum absolute atomic E-state index is 13.5. The summed E-state index contributed by atoms with van der Waals surface area (Å²) in [7, 11) is 2.16. The highest BCUT2D eigenvalue weighted by molar-refractivity contribution is 5.72. The van der Waals surface area contributed by atoms with Crippen molar-refractivity contribution in [2.75, 3.05) is 25.5 Å². The summed E-state index contributed by atoms with van der Waals surface area (Å²) < 4.78 is 15.8. The van der Waals surface area contributed by atoms with E-state index in [1.54, 1.807) is 24.7 Å². The van der Waals surface area contributed by atoms with Crippen LogP contribution in [0.3, 0.4) is 0 Å². The first-order chi connectivity index (χ1) is 16.2. The van der Waals surface area contributed by atoms with Crippen molar-refractivity contribution in [3.63, 3.8) is 0 Å². The number of hydrogen-bond donors (Lipinski definition) is 1. The van der Waals surface area contributed by atoms with Gasteiger partial charge in [0.2, 0.25) is 0 Å². The molecule has 1 saturated heterocycles. The Morgan fingerprint density at radius 1 is 1.03 bits per heavy atom. The molecule has 6 nitrogen and oxygen atoms in total. The second kappa shape index (κ2) is 9.50. The lowest BCUT2D eigenvalue weighted by Crippen LogP contribution is -2.31. The fourth-order valence-corrected chi connectivity index (χ4v) is 4.31. The van der Waals surface area contributed by atoms with Crippen LogP contribution in [0.25, 0.3) is 22.8 Å². The highest BCUT2D eigenvalue weighted by Crippen LogP contribution is 2.33. The quantitative estimate of drug-likeness (QED) is 0.454. The first-order valence-electron chi connectivity index (χ1n) is 11.3. The van der Waals surface area contributed by atoms with Crippen molar-refractivity contribution in [3.05, 3.63) is 84.7 Å². The van der Waals surface area contributed by atoms with Crippen LogP contribution in [-0.2, 0) is 6.54 Å². The third kappa shape index (κ3) is 4.78. The number of hydrogen-bond acceptors (Lipinski definition) is 5. The lowest BCUT2D eigenvalue weighted by atomic mass is 10.0. The highest BCUT2D eigenvalue weighted by atomic mass is 19.1. The SMILES string of the molecule is CN1CCC(n2cc(-c3ccc(F)cc3)nc2-c2ncncc2NCc2ccccc2)CC1. The van der Waals surface area contributed by atoms with Crippen LogP contribution in [-0.4, -0.2) is 44.6 Å². The molecule has 0 bridgehead atoms. The number of likely N-dealkylation sites (tertiary alicyclic amines) is 1. The number of nitrogens with one attached hydrogen (secondary N) is 1. The molecule has 4 aromatic rings. The summed E-state index contributed by atoms with van der Waals surface area (Å²) in [6, 6.07) is 17.1. The van der Waals surface area contributed by atoms with Crippen LogP contribution >= 0.6 is 0 Å². The van der Waals surface area contributed by atoms with E-state index in [-0.39, 0.29) is 5.82 Å². The topological polar surface area (TPSA) is 58.9 Å². The Hall–Kier alpha value is -3.58. The zero-order valence-corrected chi connectivity index (χ0v) is 18.7. The van der Waals surface area contributed by atoms with Crippen LogP contribution in [0.4, 0.5) is 10.1 Å². The van der Waals surface area contributed by atoms with Crippen LogP contribution in [0.2, 0.25) is 0 Å². The van der Waals surface area contributed by atoms with Gasteiger partial charge in [-0.2, -0.15) is 0 Å². The number of halogens is 1. The predicted molar refractivity (Wildman–Crippen MR) is 128 cm³/mol. The second-order valence-electron chi connectivity index (χ2n) is 8.52. The van der Waals surface area contributed by atoms with Crippen molar-refractivity contribution in [1.82, 2.24) is 24.4 Å². The molecule has 33 heavy (non-hydrogen) atoms. The lowest BCUT2D eigenvalue weighted by molar-refractivity contribution is 0.222. The third-order valence-corrected chi connectivity index (χ3v) is 6.20. The van der Waals surface area contributed by atoms with Crippen molar-refractivity contribution in [1.29, 1.82) is 0 Å². The van der Waals surface area contributed by atoms with Gasteiger partial charge < -0.3 is 14.8 Å². The Morgan fingerprint density at radius 2 is 1.79 bits per heavy atom. The fraction of sp³-hybridized carbons (Fsp3) is 0.269. The van der Waals surface area contributed by atoms with E-state index in [1.165, 1.54) is 17.7 Å². The number of nitrogens with zero attached hydrogens (tertiary/aromatic N) is 5. The van der Waals surface area contributed by atoms with Gasteiger partial charge in [0.25, 0.3) is 0 Å². The first-order valence-corrected chi connectivity index (χ1v) is 11.3. The number of rotatable bonds is 6. The second-order valence-corrected chi connectivity index (χ2v) is 8.52. The number of anilines is 1. The minimum absolute atomic E-state index is 0.253. The number of imidazole rings is 1. The van der Waals surface area contributed by atoms with Gasteiger partial charge in [-0.3, -0.25) is 0 Å². The molecule has 5 rings (SSSR count). The molecule has 1 fully saturated rings. The molecular formula is C26H27FN6. The van der Waals surface area contributed by atoms with Crippen LogP contribution in [0, 0.1) is 5.82 Å². The summed E-state index contributed by atoms with van der Waals surface area (Å²) in [6.07, 6.45) is 7.54. The van der Waals surface area contributed by atoms with Crippen LogP contribution in [0.5, 0.6) is 0 Å².